The predicted molar refractivity (Wildman–Crippen MR) is 74.3 cm³/mol. The number of nitrogens with one attached hydrogen (secondary N) is 1. The summed E-state index contributed by atoms with van der Waals surface area (Å²) in [7, 11) is -3.29. The molecule has 0 amide bonds. The van der Waals surface area contributed by atoms with E-state index in [-0.39, 0.29) is 0 Å². The third-order valence-electron chi connectivity index (χ3n) is 3.37. The van der Waals surface area contributed by atoms with Crippen molar-refractivity contribution >= 4 is 21.4 Å². The molecule has 1 saturated heterocycles. The van der Waals surface area contributed by atoms with Gasteiger partial charge in [-0.2, -0.15) is 0 Å². The topological polar surface area (TPSA) is 49.4 Å². The van der Waals surface area contributed by atoms with Crippen molar-refractivity contribution in [1.82, 2.24) is 9.62 Å². The van der Waals surface area contributed by atoms with E-state index in [1.165, 1.54) is 17.8 Å². The molecule has 0 aliphatic carbocycles. The minimum Gasteiger partial charge on any atom is -0.303 e. The van der Waals surface area contributed by atoms with E-state index in [2.05, 4.69) is 16.5 Å². The first-order valence-corrected chi connectivity index (χ1v) is 8.73. The molecule has 1 fully saturated rings. The lowest BCUT2D eigenvalue weighted by atomic mass is 9.98. The fourth-order valence-electron chi connectivity index (χ4n) is 2.32. The summed E-state index contributed by atoms with van der Waals surface area (Å²) in [5.41, 5.74) is 0. The van der Waals surface area contributed by atoms with Gasteiger partial charge in [-0.05, 0) is 43.3 Å². The SMILES string of the molecule is CCN1CCCC(CNS(=O)(=O)c2cccs2)C1. The van der Waals surface area contributed by atoms with E-state index in [0.717, 1.165) is 26.1 Å². The van der Waals surface area contributed by atoms with Crippen LogP contribution in [0, 0.1) is 5.92 Å². The summed E-state index contributed by atoms with van der Waals surface area (Å²) < 4.78 is 27.1. The number of likely N-dealkylation sites (tertiary alicyclic amines) is 1. The van der Waals surface area contributed by atoms with E-state index in [9.17, 15) is 8.42 Å². The molecule has 18 heavy (non-hydrogen) atoms. The van der Waals surface area contributed by atoms with Gasteiger partial charge in [0.1, 0.15) is 4.21 Å². The molecule has 1 unspecified atom stereocenters. The summed E-state index contributed by atoms with van der Waals surface area (Å²) in [5, 5.41) is 1.79. The Morgan fingerprint density at radius 2 is 2.39 bits per heavy atom. The molecule has 6 heteroatoms. The van der Waals surface area contributed by atoms with E-state index in [1.54, 1.807) is 17.5 Å². The molecule has 0 spiro atoms. The molecule has 0 radical (unpaired) electrons. The van der Waals surface area contributed by atoms with Crippen molar-refractivity contribution in [2.75, 3.05) is 26.2 Å². The summed E-state index contributed by atoms with van der Waals surface area (Å²) in [5.74, 6) is 0.438. The molecule has 1 N–H and O–H groups in total. The third kappa shape index (κ3) is 3.54. The number of hydrogen-bond acceptors (Lipinski definition) is 4. The lowest BCUT2D eigenvalue weighted by Gasteiger charge is -2.31. The zero-order valence-corrected chi connectivity index (χ0v) is 12.3. The van der Waals surface area contributed by atoms with Crippen LogP contribution in [0.3, 0.4) is 0 Å². The Hall–Kier alpha value is -0.430. The van der Waals surface area contributed by atoms with Crippen molar-refractivity contribution in [2.45, 2.75) is 24.0 Å². The molecule has 1 aromatic heterocycles. The van der Waals surface area contributed by atoms with Crippen LogP contribution in [-0.4, -0.2) is 39.5 Å². The summed E-state index contributed by atoms with van der Waals surface area (Å²) in [4.78, 5) is 2.38. The molecule has 4 nitrogen and oxygen atoms in total. The Labute approximate surface area is 113 Å². The van der Waals surface area contributed by atoms with Crippen LogP contribution >= 0.6 is 11.3 Å². The number of hydrogen-bond donors (Lipinski definition) is 1. The van der Waals surface area contributed by atoms with E-state index >= 15 is 0 Å². The zero-order valence-electron chi connectivity index (χ0n) is 10.6. The molecule has 102 valence electrons. The van der Waals surface area contributed by atoms with E-state index in [1.807, 2.05) is 0 Å². The van der Waals surface area contributed by atoms with Crippen molar-refractivity contribution in [3.05, 3.63) is 17.5 Å². The van der Waals surface area contributed by atoms with Gasteiger partial charge in [-0.15, -0.1) is 11.3 Å². The molecule has 0 aromatic carbocycles. The molecule has 1 aliphatic heterocycles. The Bertz CT molecular complexity index is 456. The Morgan fingerprint density at radius 3 is 3.06 bits per heavy atom. The number of sulfonamides is 1. The minimum atomic E-state index is -3.29. The van der Waals surface area contributed by atoms with Gasteiger partial charge in [-0.25, -0.2) is 13.1 Å². The van der Waals surface area contributed by atoms with Gasteiger partial charge in [0.2, 0.25) is 10.0 Å². The van der Waals surface area contributed by atoms with Crippen LogP contribution in [0.15, 0.2) is 21.7 Å². The largest absolute Gasteiger partial charge is 0.303 e. The molecule has 0 saturated carbocycles. The van der Waals surface area contributed by atoms with Gasteiger partial charge in [-0.3, -0.25) is 0 Å². The predicted octanol–water partition coefficient (Wildman–Crippen LogP) is 1.76. The molecule has 0 bridgehead atoms. The maximum Gasteiger partial charge on any atom is 0.250 e. The minimum absolute atomic E-state index is 0.408. The number of nitrogens with zero attached hydrogens (tertiary/aromatic N) is 1. The highest BCUT2D eigenvalue weighted by atomic mass is 32.2. The van der Waals surface area contributed by atoms with Crippen LogP contribution in [-0.2, 0) is 10.0 Å². The first-order chi connectivity index (χ1) is 8.62. The van der Waals surface area contributed by atoms with Gasteiger partial charge in [0.25, 0.3) is 0 Å². The Kier molecular flexibility index (Phi) is 4.77. The molecule has 2 rings (SSSR count). The monoisotopic (exact) mass is 288 g/mol. The smallest absolute Gasteiger partial charge is 0.250 e. The highest BCUT2D eigenvalue weighted by Crippen LogP contribution is 2.18. The van der Waals surface area contributed by atoms with E-state index < -0.39 is 10.0 Å². The van der Waals surface area contributed by atoms with Crippen molar-refractivity contribution in [3.8, 4) is 0 Å². The molecule has 1 atom stereocenters. The normalized spacial score (nSPS) is 22.2. The molecule has 1 aromatic rings. The quantitative estimate of drug-likeness (QED) is 0.898. The van der Waals surface area contributed by atoms with Crippen LogP contribution in [0.2, 0.25) is 0 Å². The summed E-state index contributed by atoms with van der Waals surface area (Å²) >= 11 is 1.26. The van der Waals surface area contributed by atoms with Gasteiger partial charge in [-0.1, -0.05) is 13.0 Å². The zero-order chi connectivity index (χ0) is 13.0. The molecular formula is C12H20N2O2S2. The van der Waals surface area contributed by atoms with Gasteiger partial charge in [0, 0.05) is 13.1 Å². The highest BCUT2D eigenvalue weighted by molar-refractivity contribution is 7.91. The van der Waals surface area contributed by atoms with Crippen molar-refractivity contribution < 1.29 is 8.42 Å². The second kappa shape index (κ2) is 6.14. The Balaban J connectivity index is 1.88. The van der Waals surface area contributed by atoms with Crippen molar-refractivity contribution in [2.24, 2.45) is 5.92 Å². The van der Waals surface area contributed by atoms with Gasteiger partial charge in [0.15, 0.2) is 0 Å². The first kappa shape index (κ1) is 14.0. The van der Waals surface area contributed by atoms with Gasteiger partial charge < -0.3 is 4.90 Å². The Morgan fingerprint density at radius 1 is 1.56 bits per heavy atom. The maximum atomic E-state index is 12.0. The molecular weight excluding hydrogens is 268 g/mol. The average molecular weight is 288 g/mol. The van der Waals surface area contributed by atoms with Crippen LogP contribution in [0.1, 0.15) is 19.8 Å². The second-order valence-electron chi connectivity index (χ2n) is 4.69. The van der Waals surface area contributed by atoms with E-state index in [4.69, 9.17) is 0 Å². The average Bonchev–Trinajstić information content (AvgIpc) is 2.91. The fraction of sp³-hybridized carbons (Fsp3) is 0.667. The summed E-state index contributed by atoms with van der Waals surface area (Å²) in [6.45, 7) is 5.90. The summed E-state index contributed by atoms with van der Waals surface area (Å²) in [6.07, 6.45) is 2.28. The third-order valence-corrected chi connectivity index (χ3v) is 6.19. The second-order valence-corrected chi connectivity index (χ2v) is 7.63. The van der Waals surface area contributed by atoms with Crippen LogP contribution < -0.4 is 4.72 Å². The summed E-state index contributed by atoms with van der Waals surface area (Å²) in [6, 6.07) is 3.41. The standard InChI is InChI=1S/C12H20N2O2S2/c1-2-14-7-3-5-11(10-14)9-13-18(15,16)12-6-4-8-17-12/h4,6,8,11,13H,2-3,5,7,9-10H2,1H3. The van der Waals surface area contributed by atoms with Gasteiger partial charge >= 0.3 is 0 Å². The molecule has 2 heterocycles. The number of piperidine rings is 1. The lowest BCUT2D eigenvalue weighted by Crippen LogP contribution is -2.40. The van der Waals surface area contributed by atoms with Crippen molar-refractivity contribution in [1.29, 1.82) is 0 Å². The molecule has 1 aliphatic rings. The first-order valence-electron chi connectivity index (χ1n) is 6.37. The van der Waals surface area contributed by atoms with E-state index in [0.29, 0.717) is 16.7 Å². The fourth-order valence-corrected chi connectivity index (χ4v) is 4.47. The van der Waals surface area contributed by atoms with Crippen molar-refractivity contribution in [3.63, 3.8) is 0 Å². The highest BCUT2D eigenvalue weighted by Gasteiger charge is 2.21. The number of rotatable bonds is 5. The maximum absolute atomic E-state index is 12.0. The van der Waals surface area contributed by atoms with Crippen LogP contribution in [0.4, 0.5) is 0 Å². The number of thiophene rings is 1. The van der Waals surface area contributed by atoms with Gasteiger partial charge in [0.05, 0.1) is 0 Å². The lowest BCUT2D eigenvalue weighted by molar-refractivity contribution is 0.184. The van der Waals surface area contributed by atoms with Crippen LogP contribution in [0.25, 0.3) is 0 Å². The van der Waals surface area contributed by atoms with Crippen LogP contribution in [0.5, 0.6) is 0 Å².